The van der Waals surface area contributed by atoms with Crippen molar-refractivity contribution in [2.75, 3.05) is 5.32 Å². The number of hydroxylamine groups is 1. The fraction of sp³-hybridized carbons (Fsp3) is 0.600. The lowest BCUT2D eigenvalue weighted by Crippen LogP contribution is -2.36. The van der Waals surface area contributed by atoms with Crippen molar-refractivity contribution in [1.29, 1.82) is 0 Å². The standard InChI is InChI=1S/C20H27N5O/c1-2-25-19-16(13-22-25)18(23-14-7-4-3-5-8-14)15(12-21-19)17-11-20(26-24-17)9-6-10-20/h11-14,24H,2-10H2,1H3,(H,21,23). The van der Waals surface area contributed by atoms with Crippen LogP contribution in [0.15, 0.2) is 18.5 Å². The zero-order valence-electron chi connectivity index (χ0n) is 15.4. The molecule has 2 saturated carbocycles. The lowest BCUT2D eigenvalue weighted by atomic mass is 9.80. The minimum Gasteiger partial charge on any atom is -0.381 e. The highest BCUT2D eigenvalue weighted by Gasteiger charge is 2.41. The van der Waals surface area contributed by atoms with Gasteiger partial charge in [0.05, 0.1) is 23.0 Å². The van der Waals surface area contributed by atoms with Gasteiger partial charge in [-0.3, -0.25) is 10.3 Å². The van der Waals surface area contributed by atoms with Crippen LogP contribution in [0.1, 0.15) is 63.9 Å². The number of nitrogens with zero attached hydrogens (tertiary/aromatic N) is 3. The van der Waals surface area contributed by atoms with Crippen molar-refractivity contribution in [2.45, 2.75) is 76.5 Å². The van der Waals surface area contributed by atoms with E-state index in [4.69, 9.17) is 9.82 Å². The smallest absolute Gasteiger partial charge is 0.159 e. The summed E-state index contributed by atoms with van der Waals surface area (Å²) in [5.41, 5.74) is 7.33. The van der Waals surface area contributed by atoms with Gasteiger partial charge in [-0.15, -0.1) is 0 Å². The van der Waals surface area contributed by atoms with Crippen LogP contribution < -0.4 is 10.8 Å². The molecule has 6 nitrogen and oxygen atoms in total. The third-order valence-electron chi connectivity index (χ3n) is 6.18. The van der Waals surface area contributed by atoms with Crippen molar-refractivity contribution >= 4 is 22.4 Å². The maximum Gasteiger partial charge on any atom is 0.159 e. The van der Waals surface area contributed by atoms with Crippen molar-refractivity contribution in [2.24, 2.45) is 0 Å². The minimum atomic E-state index is -0.0972. The molecule has 0 amide bonds. The Labute approximate surface area is 154 Å². The van der Waals surface area contributed by atoms with E-state index in [9.17, 15) is 0 Å². The molecule has 2 aliphatic carbocycles. The summed E-state index contributed by atoms with van der Waals surface area (Å²) in [6, 6.07) is 0.527. The zero-order chi connectivity index (χ0) is 17.6. The average molecular weight is 353 g/mol. The Kier molecular flexibility index (Phi) is 3.89. The molecule has 3 heterocycles. The highest BCUT2D eigenvalue weighted by molar-refractivity contribution is 5.95. The van der Waals surface area contributed by atoms with Crippen LogP contribution in [0, 0.1) is 0 Å². The first-order valence-corrected chi connectivity index (χ1v) is 10.1. The zero-order valence-corrected chi connectivity index (χ0v) is 15.4. The number of aromatic nitrogens is 3. The second kappa shape index (κ2) is 6.27. The SMILES string of the molecule is CCn1ncc2c(NC3CCCCC3)c(C3=CC4(CCC4)ON3)cnc21. The largest absolute Gasteiger partial charge is 0.381 e. The molecule has 2 aromatic heterocycles. The number of hydrogen-bond donors (Lipinski definition) is 2. The molecule has 2 aromatic rings. The predicted molar refractivity (Wildman–Crippen MR) is 102 cm³/mol. The highest BCUT2D eigenvalue weighted by atomic mass is 16.7. The molecule has 6 heteroatoms. The molecule has 3 aliphatic rings. The molecule has 5 rings (SSSR count). The van der Waals surface area contributed by atoms with Gasteiger partial charge in [-0.25, -0.2) is 9.67 Å². The number of pyridine rings is 1. The summed E-state index contributed by atoms with van der Waals surface area (Å²) in [4.78, 5) is 10.6. The predicted octanol–water partition coefficient (Wildman–Crippen LogP) is 3.99. The first-order chi connectivity index (χ1) is 12.8. The lowest BCUT2D eigenvalue weighted by molar-refractivity contribution is -0.0821. The van der Waals surface area contributed by atoms with Crippen LogP contribution >= 0.6 is 0 Å². The molecule has 0 saturated heterocycles. The summed E-state index contributed by atoms with van der Waals surface area (Å²) in [7, 11) is 0. The number of nitrogens with one attached hydrogen (secondary N) is 2. The van der Waals surface area contributed by atoms with Crippen molar-refractivity contribution < 1.29 is 4.84 Å². The molecule has 2 fully saturated rings. The normalized spacial score (nSPS) is 22.3. The third-order valence-corrected chi connectivity index (χ3v) is 6.18. The summed E-state index contributed by atoms with van der Waals surface area (Å²) in [6.07, 6.45) is 16.1. The number of anilines is 1. The van der Waals surface area contributed by atoms with Crippen LogP contribution in [-0.4, -0.2) is 26.4 Å². The van der Waals surface area contributed by atoms with E-state index in [0.717, 1.165) is 47.4 Å². The van der Waals surface area contributed by atoms with Gasteiger partial charge in [-0.2, -0.15) is 5.10 Å². The van der Waals surface area contributed by atoms with Crippen LogP contribution in [-0.2, 0) is 11.4 Å². The second-order valence-electron chi connectivity index (χ2n) is 7.90. The average Bonchev–Trinajstić information content (AvgIpc) is 3.27. The molecule has 0 aromatic carbocycles. The van der Waals surface area contributed by atoms with E-state index in [1.807, 2.05) is 17.1 Å². The van der Waals surface area contributed by atoms with Crippen molar-refractivity contribution in [3.8, 4) is 0 Å². The maximum atomic E-state index is 5.91. The number of fused-ring (bicyclic) bond motifs is 1. The van der Waals surface area contributed by atoms with E-state index in [1.165, 1.54) is 38.5 Å². The Bertz CT molecular complexity index is 845. The molecule has 0 bridgehead atoms. The first kappa shape index (κ1) is 16.1. The van der Waals surface area contributed by atoms with E-state index >= 15 is 0 Å². The molecule has 138 valence electrons. The van der Waals surface area contributed by atoms with Gasteiger partial charge in [0.15, 0.2) is 5.65 Å². The molecule has 1 spiro atoms. The van der Waals surface area contributed by atoms with Gasteiger partial charge in [0.1, 0.15) is 5.60 Å². The molecule has 0 radical (unpaired) electrons. The van der Waals surface area contributed by atoms with Crippen LogP contribution in [0.25, 0.3) is 16.7 Å². The van der Waals surface area contributed by atoms with Gasteiger partial charge >= 0.3 is 0 Å². The number of rotatable bonds is 4. The Morgan fingerprint density at radius 2 is 2.08 bits per heavy atom. The molecular weight excluding hydrogens is 326 g/mol. The summed E-state index contributed by atoms with van der Waals surface area (Å²) < 4.78 is 1.96. The van der Waals surface area contributed by atoms with Crippen molar-refractivity contribution in [3.05, 3.63) is 24.0 Å². The fourth-order valence-electron chi connectivity index (χ4n) is 4.45. The van der Waals surface area contributed by atoms with Crippen LogP contribution in [0.5, 0.6) is 0 Å². The number of aryl methyl sites for hydroxylation is 1. The lowest BCUT2D eigenvalue weighted by Gasteiger charge is -2.33. The Hall–Kier alpha value is -2.08. The van der Waals surface area contributed by atoms with Crippen molar-refractivity contribution in [3.63, 3.8) is 0 Å². The number of hydrogen-bond acceptors (Lipinski definition) is 5. The minimum absolute atomic E-state index is 0.0972. The van der Waals surface area contributed by atoms with Crippen LogP contribution in [0.4, 0.5) is 5.69 Å². The summed E-state index contributed by atoms with van der Waals surface area (Å²) >= 11 is 0. The fourth-order valence-corrected chi connectivity index (χ4v) is 4.45. The van der Waals surface area contributed by atoms with E-state index in [2.05, 4.69) is 28.9 Å². The second-order valence-corrected chi connectivity index (χ2v) is 7.90. The molecule has 1 aliphatic heterocycles. The first-order valence-electron chi connectivity index (χ1n) is 10.1. The summed E-state index contributed by atoms with van der Waals surface area (Å²) in [5, 5.41) is 9.48. The van der Waals surface area contributed by atoms with Gasteiger partial charge in [0, 0.05) is 24.3 Å². The van der Waals surface area contributed by atoms with Crippen molar-refractivity contribution in [1.82, 2.24) is 20.2 Å². The van der Waals surface area contributed by atoms with E-state index in [-0.39, 0.29) is 5.60 Å². The molecular formula is C20H27N5O. The van der Waals surface area contributed by atoms with Crippen LogP contribution in [0.2, 0.25) is 0 Å². The Morgan fingerprint density at radius 1 is 1.23 bits per heavy atom. The molecule has 0 unspecified atom stereocenters. The molecule has 0 atom stereocenters. The Morgan fingerprint density at radius 3 is 2.77 bits per heavy atom. The van der Waals surface area contributed by atoms with Crippen LogP contribution in [0.3, 0.4) is 0 Å². The third kappa shape index (κ3) is 2.58. The molecule has 2 N–H and O–H groups in total. The monoisotopic (exact) mass is 353 g/mol. The van der Waals surface area contributed by atoms with Gasteiger partial charge in [0.25, 0.3) is 0 Å². The quantitative estimate of drug-likeness (QED) is 0.870. The topological polar surface area (TPSA) is 64.0 Å². The maximum absolute atomic E-state index is 5.91. The highest BCUT2D eigenvalue weighted by Crippen LogP contribution is 2.43. The van der Waals surface area contributed by atoms with E-state index < -0.39 is 0 Å². The summed E-state index contributed by atoms with van der Waals surface area (Å²) in [6.45, 7) is 2.93. The van der Waals surface area contributed by atoms with Gasteiger partial charge < -0.3 is 5.32 Å². The van der Waals surface area contributed by atoms with Gasteiger partial charge in [-0.05, 0) is 45.1 Å². The van der Waals surface area contributed by atoms with E-state index in [0.29, 0.717) is 6.04 Å². The summed E-state index contributed by atoms with van der Waals surface area (Å²) in [5.74, 6) is 0. The van der Waals surface area contributed by atoms with Gasteiger partial charge in [-0.1, -0.05) is 19.3 Å². The molecule has 26 heavy (non-hydrogen) atoms. The van der Waals surface area contributed by atoms with Gasteiger partial charge in [0.2, 0.25) is 0 Å². The Balaban J connectivity index is 1.58. The van der Waals surface area contributed by atoms with E-state index in [1.54, 1.807) is 0 Å².